The molecular formula is C36H41F3N10O3. The van der Waals surface area contributed by atoms with Crippen molar-refractivity contribution in [2.24, 2.45) is 5.73 Å². The van der Waals surface area contributed by atoms with Crippen molar-refractivity contribution in [3.63, 3.8) is 0 Å². The Morgan fingerprint density at radius 2 is 1.69 bits per heavy atom. The van der Waals surface area contributed by atoms with Crippen LogP contribution < -0.4 is 16.4 Å². The molecule has 4 atom stereocenters. The molecule has 0 unspecified atom stereocenters. The first kappa shape index (κ1) is 35.3. The Morgan fingerprint density at radius 3 is 2.31 bits per heavy atom. The molecule has 0 bridgehead atoms. The second kappa shape index (κ2) is 14.9. The number of aromatic nitrogens is 7. The van der Waals surface area contributed by atoms with Crippen LogP contribution >= 0.6 is 0 Å². The quantitative estimate of drug-likeness (QED) is 0.137. The molecule has 0 spiro atoms. The van der Waals surface area contributed by atoms with Gasteiger partial charge in [0.15, 0.2) is 23.1 Å². The minimum Gasteiger partial charge on any atom is -0.450 e. The van der Waals surface area contributed by atoms with Crippen LogP contribution in [0.2, 0.25) is 0 Å². The molecule has 2 saturated carbocycles. The molecule has 5 N–H and O–H groups in total. The monoisotopic (exact) mass is 718 g/mol. The van der Waals surface area contributed by atoms with Crippen molar-refractivity contribution in [3.8, 4) is 0 Å². The maximum Gasteiger partial charge on any atom is 0.490 e. The number of fused-ring (bicyclic) bond motifs is 1. The summed E-state index contributed by atoms with van der Waals surface area (Å²) in [6.07, 6.45) is -1.53. The van der Waals surface area contributed by atoms with E-state index in [9.17, 15) is 23.1 Å². The van der Waals surface area contributed by atoms with Gasteiger partial charge in [-0.3, -0.25) is 0 Å². The number of nitrogens with one attached hydrogen (secondary N) is 2. The lowest BCUT2D eigenvalue weighted by Crippen LogP contribution is -2.39. The van der Waals surface area contributed by atoms with Gasteiger partial charge in [-0.1, -0.05) is 67.6 Å². The fraction of sp³-hybridized carbons (Fsp3) is 0.444. The first-order valence-electron chi connectivity index (χ1n) is 17.6. The summed E-state index contributed by atoms with van der Waals surface area (Å²) in [5, 5.41) is 27.2. The van der Waals surface area contributed by atoms with Crippen molar-refractivity contribution in [2.75, 3.05) is 17.2 Å². The van der Waals surface area contributed by atoms with E-state index in [1.807, 2.05) is 43.3 Å². The van der Waals surface area contributed by atoms with E-state index in [-0.39, 0.29) is 24.4 Å². The lowest BCUT2D eigenvalue weighted by molar-refractivity contribution is -0.210. The zero-order chi connectivity index (χ0) is 36.4. The normalized spacial score (nSPS) is 23.6. The standard InChI is InChI=1S/C36H41F3N10O3/c1-2-24-18-43-49(47-24)28-17-27(30(50)31(28)52-34(51)36(37,38)39)48-20-42-29-32(45-35(46-33(29)48)44-25-15-13-23(40)14-16-25)41-19-26(21-9-5-3-6-10-21)22-11-7-4-8-12-22/h3-12,18,20,23,25-28,30-31,50H,2,13-17,19,40H2,1H3,(H2,41,44,45,46)/t23?,25?,27-,28+,30+,31-/m1/s1. The van der Waals surface area contributed by atoms with Gasteiger partial charge < -0.3 is 30.8 Å². The minimum absolute atomic E-state index is 0.0282. The number of nitrogens with zero attached hydrogens (tertiary/aromatic N) is 7. The Morgan fingerprint density at radius 1 is 1.02 bits per heavy atom. The summed E-state index contributed by atoms with van der Waals surface area (Å²) in [6, 6.07) is 18.5. The molecule has 2 fully saturated rings. The third-order valence-corrected chi connectivity index (χ3v) is 10.0. The predicted octanol–water partition coefficient (Wildman–Crippen LogP) is 4.93. The van der Waals surface area contributed by atoms with Crippen LogP contribution in [0.1, 0.15) is 73.9 Å². The van der Waals surface area contributed by atoms with Crippen LogP contribution in [0.3, 0.4) is 0 Å². The number of esters is 1. The summed E-state index contributed by atoms with van der Waals surface area (Å²) in [7, 11) is 0. The molecule has 16 heteroatoms. The number of hydrogen-bond acceptors (Lipinski definition) is 11. The number of halogens is 3. The topological polar surface area (TPSA) is 171 Å². The van der Waals surface area contributed by atoms with Gasteiger partial charge in [0.05, 0.1) is 24.3 Å². The van der Waals surface area contributed by atoms with Crippen LogP contribution in [-0.4, -0.2) is 82.6 Å². The largest absolute Gasteiger partial charge is 0.490 e. The minimum atomic E-state index is -5.26. The molecule has 0 saturated heterocycles. The highest BCUT2D eigenvalue weighted by molar-refractivity contribution is 5.84. The van der Waals surface area contributed by atoms with Crippen LogP contribution in [0.4, 0.5) is 24.9 Å². The van der Waals surface area contributed by atoms with Crippen molar-refractivity contribution < 1.29 is 27.8 Å². The van der Waals surface area contributed by atoms with Crippen molar-refractivity contribution in [2.45, 2.75) is 93.9 Å². The molecular weight excluding hydrogens is 677 g/mol. The molecule has 0 aliphatic heterocycles. The molecule has 2 aromatic carbocycles. The van der Waals surface area contributed by atoms with Crippen LogP contribution in [0.15, 0.2) is 73.2 Å². The van der Waals surface area contributed by atoms with E-state index in [1.54, 1.807) is 4.57 Å². The van der Waals surface area contributed by atoms with Crippen LogP contribution in [0, 0.1) is 0 Å². The van der Waals surface area contributed by atoms with Gasteiger partial charge in [0.1, 0.15) is 12.1 Å². The van der Waals surface area contributed by atoms with Crippen LogP contribution in [-0.2, 0) is 16.0 Å². The Bertz CT molecular complexity index is 1930. The lowest BCUT2D eigenvalue weighted by atomic mass is 9.91. The average Bonchev–Trinajstić information content (AvgIpc) is 3.87. The van der Waals surface area contributed by atoms with Gasteiger partial charge in [-0.15, -0.1) is 0 Å². The van der Waals surface area contributed by atoms with Gasteiger partial charge >= 0.3 is 12.1 Å². The van der Waals surface area contributed by atoms with Crippen LogP contribution in [0.25, 0.3) is 11.2 Å². The second-order valence-corrected chi connectivity index (χ2v) is 13.5. The van der Waals surface area contributed by atoms with E-state index in [1.165, 1.54) is 17.3 Å². The third-order valence-electron chi connectivity index (χ3n) is 10.0. The molecule has 2 aliphatic rings. The van der Waals surface area contributed by atoms with E-state index in [2.05, 4.69) is 50.1 Å². The number of aliphatic hydroxyl groups excluding tert-OH is 1. The van der Waals surface area contributed by atoms with Crippen molar-refractivity contribution >= 4 is 28.9 Å². The highest BCUT2D eigenvalue weighted by Crippen LogP contribution is 2.42. The van der Waals surface area contributed by atoms with Gasteiger partial charge in [-0.25, -0.2) is 9.78 Å². The average molecular weight is 719 g/mol. The fourth-order valence-corrected chi connectivity index (χ4v) is 7.23. The number of rotatable bonds is 11. The molecule has 5 aromatic rings. The summed E-state index contributed by atoms with van der Waals surface area (Å²) in [6.45, 7) is 2.32. The Kier molecular flexibility index (Phi) is 10.1. The summed E-state index contributed by atoms with van der Waals surface area (Å²) in [5.41, 5.74) is 9.71. The third kappa shape index (κ3) is 7.44. The Labute approximate surface area is 297 Å². The highest BCUT2D eigenvalue weighted by atomic mass is 19.4. The van der Waals surface area contributed by atoms with Gasteiger partial charge in [0, 0.05) is 24.5 Å². The van der Waals surface area contributed by atoms with Crippen LogP contribution in [0.5, 0.6) is 0 Å². The van der Waals surface area contributed by atoms with Crippen molar-refractivity contribution in [3.05, 3.63) is 90.0 Å². The van der Waals surface area contributed by atoms with E-state index in [0.717, 1.165) is 36.8 Å². The van der Waals surface area contributed by atoms with E-state index in [4.69, 9.17) is 20.4 Å². The number of nitrogens with two attached hydrogens (primary N) is 1. The number of ether oxygens (including phenoxy) is 1. The number of imidazole rings is 1. The number of alkyl halides is 3. The number of aryl methyl sites for hydroxylation is 1. The molecule has 13 nitrogen and oxygen atoms in total. The van der Waals surface area contributed by atoms with E-state index in [0.29, 0.717) is 41.6 Å². The lowest BCUT2D eigenvalue weighted by Gasteiger charge is -2.27. The fourth-order valence-electron chi connectivity index (χ4n) is 7.23. The van der Waals surface area contributed by atoms with E-state index >= 15 is 0 Å². The number of carbonyl (C=O) groups excluding carboxylic acids is 1. The predicted molar refractivity (Wildman–Crippen MR) is 186 cm³/mol. The Balaban J connectivity index is 1.25. The molecule has 274 valence electrons. The maximum atomic E-state index is 13.4. The number of anilines is 2. The van der Waals surface area contributed by atoms with Crippen molar-refractivity contribution in [1.29, 1.82) is 0 Å². The van der Waals surface area contributed by atoms with Gasteiger partial charge in [-0.2, -0.15) is 38.1 Å². The second-order valence-electron chi connectivity index (χ2n) is 13.5. The highest BCUT2D eigenvalue weighted by Gasteiger charge is 2.52. The summed E-state index contributed by atoms with van der Waals surface area (Å²) >= 11 is 0. The number of hydrogen-bond donors (Lipinski definition) is 4. The van der Waals surface area contributed by atoms with Gasteiger partial charge in [-0.05, 0) is 49.7 Å². The molecule has 7 rings (SSSR count). The smallest absolute Gasteiger partial charge is 0.450 e. The molecule has 2 aliphatic carbocycles. The maximum absolute atomic E-state index is 13.4. The Hall–Kier alpha value is -5.09. The first-order valence-corrected chi connectivity index (χ1v) is 17.6. The molecule has 0 amide bonds. The zero-order valence-corrected chi connectivity index (χ0v) is 28.5. The van der Waals surface area contributed by atoms with E-state index < -0.39 is 36.4 Å². The molecule has 0 radical (unpaired) electrons. The summed E-state index contributed by atoms with van der Waals surface area (Å²) < 4.78 is 46.7. The SMILES string of the molecule is CCc1cnn([C@H]2C[C@@H](n3cnc4c(NCC(c5ccccc5)c5ccccc5)nc(NC5CCC(N)CC5)nc43)[C@H](O)[C@@H]2OC(=O)C(F)(F)F)n1. The van der Waals surface area contributed by atoms with Crippen molar-refractivity contribution in [1.82, 2.24) is 34.5 Å². The molecule has 3 aromatic heterocycles. The zero-order valence-electron chi connectivity index (χ0n) is 28.5. The number of aliphatic hydroxyl groups is 1. The number of benzene rings is 2. The van der Waals surface area contributed by atoms with Gasteiger partial charge in [0.2, 0.25) is 5.95 Å². The molecule has 3 heterocycles. The summed E-state index contributed by atoms with van der Waals surface area (Å²) in [5.74, 6) is -1.67. The summed E-state index contributed by atoms with van der Waals surface area (Å²) in [4.78, 5) is 27.6. The number of carbonyl (C=O) groups is 1. The first-order chi connectivity index (χ1) is 25.1. The van der Waals surface area contributed by atoms with Gasteiger partial charge in [0.25, 0.3) is 0 Å². The molecule has 52 heavy (non-hydrogen) atoms.